The first-order chi connectivity index (χ1) is 9.70. The van der Waals surface area contributed by atoms with Crippen LogP contribution >= 0.6 is 15.9 Å². The standard InChI is InChI=1S/C16H26BrN3/c1-3-14-13-19(2)10-6-11-20(14)12-9-18-16-8-5-4-7-15(16)17/h4-5,7-8,14,18H,3,6,9-13H2,1-2H3. The Kier molecular flexibility index (Phi) is 6.33. The van der Waals surface area contributed by atoms with Crippen LogP contribution in [0, 0.1) is 0 Å². The number of halogens is 1. The SMILES string of the molecule is CCC1CN(C)CCCN1CCNc1ccccc1Br. The number of likely N-dealkylation sites (N-methyl/N-ethyl adjacent to an activating group) is 1. The minimum atomic E-state index is 0.698. The molecule has 0 saturated carbocycles. The maximum atomic E-state index is 3.59. The van der Waals surface area contributed by atoms with Gasteiger partial charge in [0.1, 0.15) is 0 Å². The van der Waals surface area contributed by atoms with Crippen LogP contribution in [0.5, 0.6) is 0 Å². The van der Waals surface area contributed by atoms with Gasteiger partial charge in [0, 0.05) is 35.8 Å². The Morgan fingerprint density at radius 1 is 1.30 bits per heavy atom. The van der Waals surface area contributed by atoms with Crippen LogP contribution in [0.1, 0.15) is 19.8 Å². The maximum absolute atomic E-state index is 3.59. The maximum Gasteiger partial charge on any atom is 0.0485 e. The minimum Gasteiger partial charge on any atom is -0.383 e. The molecule has 0 aromatic heterocycles. The third kappa shape index (κ3) is 4.47. The van der Waals surface area contributed by atoms with Crippen LogP contribution in [-0.2, 0) is 0 Å². The summed E-state index contributed by atoms with van der Waals surface area (Å²) in [5.41, 5.74) is 1.19. The van der Waals surface area contributed by atoms with Gasteiger partial charge in [-0.3, -0.25) is 4.90 Å². The molecule has 0 aliphatic carbocycles. The van der Waals surface area contributed by atoms with Crippen LogP contribution in [0.4, 0.5) is 5.69 Å². The third-order valence-electron chi connectivity index (χ3n) is 4.08. The molecule has 2 rings (SSSR count). The lowest BCUT2D eigenvalue weighted by Gasteiger charge is -2.30. The zero-order valence-corrected chi connectivity index (χ0v) is 14.2. The van der Waals surface area contributed by atoms with Crippen molar-refractivity contribution in [1.82, 2.24) is 9.80 Å². The number of anilines is 1. The van der Waals surface area contributed by atoms with E-state index in [-0.39, 0.29) is 0 Å². The first kappa shape index (κ1) is 15.8. The molecule has 1 aliphatic rings. The third-order valence-corrected chi connectivity index (χ3v) is 4.78. The van der Waals surface area contributed by atoms with Crippen LogP contribution in [-0.4, -0.2) is 55.6 Å². The molecular weight excluding hydrogens is 314 g/mol. The number of rotatable bonds is 5. The average molecular weight is 340 g/mol. The molecule has 1 fully saturated rings. The molecule has 0 amide bonds. The van der Waals surface area contributed by atoms with Crippen molar-refractivity contribution in [3.8, 4) is 0 Å². The van der Waals surface area contributed by atoms with Crippen molar-refractivity contribution in [2.75, 3.05) is 45.1 Å². The van der Waals surface area contributed by atoms with Crippen molar-refractivity contribution in [2.24, 2.45) is 0 Å². The normalized spacial score (nSPS) is 21.6. The molecule has 0 spiro atoms. The summed E-state index contributed by atoms with van der Waals surface area (Å²) >= 11 is 3.59. The van der Waals surface area contributed by atoms with E-state index in [4.69, 9.17) is 0 Å². The Hall–Kier alpha value is -0.580. The summed E-state index contributed by atoms with van der Waals surface area (Å²) in [7, 11) is 2.24. The van der Waals surface area contributed by atoms with Gasteiger partial charge in [-0.2, -0.15) is 0 Å². The van der Waals surface area contributed by atoms with Gasteiger partial charge in [0.05, 0.1) is 0 Å². The molecule has 0 bridgehead atoms. The van der Waals surface area contributed by atoms with Crippen molar-refractivity contribution in [3.63, 3.8) is 0 Å². The summed E-state index contributed by atoms with van der Waals surface area (Å²) in [4.78, 5) is 5.11. The van der Waals surface area contributed by atoms with Crippen LogP contribution in [0.25, 0.3) is 0 Å². The van der Waals surface area contributed by atoms with Crippen LogP contribution in [0.15, 0.2) is 28.7 Å². The minimum absolute atomic E-state index is 0.698. The molecule has 1 atom stereocenters. The summed E-state index contributed by atoms with van der Waals surface area (Å²) in [5.74, 6) is 0. The molecule has 4 heteroatoms. The largest absolute Gasteiger partial charge is 0.383 e. The van der Waals surface area contributed by atoms with Crippen molar-refractivity contribution in [1.29, 1.82) is 0 Å². The highest BCUT2D eigenvalue weighted by molar-refractivity contribution is 9.10. The molecule has 3 nitrogen and oxygen atoms in total. The van der Waals surface area contributed by atoms with Gasteiger partial charge < -0.3 is 10.2 Å². The van der Waals surface area contributed by atoms with E-state index in [2.05, 4.69) is 63.2 Å². The van der Waals surface area contributed by atoms with Crippen LogP contribution in [0.3, 0.4) is 0 Å². The van der Waals surface area contributed by atoms with E-state index in [0.717, 1.165) is 17.6 Å². The molecule has 1 N–H and O–H groups in total. The Balaban J connectivity index is 1.84. The van der Waals surface area contributed by atoms with Gasteiger partial charge in [0.2, 0.25) is 0 Å². The van der Waals surface area contributed by atoms with Crippen molar-refractivity contribution in [3.05, 3.63) is 28.7 Å². The first-order valence-electron chi connectivity index (χ1n) is 7.61. The number of benzene rings is 1. The number of hydrogen-bond donors (Lipinski definition) is 1. The first-order valence-corrected chi connectivity index (χ1v) is 8.41. The highest BCUT2D eigenvalue weighted by atomic mass is 79.9. The number of para-hydroxylation sites is 1. The summed E-state index contributed by atoms with van der Waals surface area (Å²) in [6.45, 7) is 8.07. The predicted octanol–water partition coefficient (Wildman–Crippen LogP) is 3.28. The van der Waals surface area contributed by atoms with Crippen molar-refractivity contribution < 1.29 is 0 Å². The summed E-state index contributed by atoms with van der Waals surface area (Å²) in [6, 6.07) is 9.02. The Morgan fingerprint density at radius 2 is 2.10 bits per heavy atom. The molecule has 20 heavy (non-hydrogen) atoms. The predicted molar refractivity (Wildman–Crippen MR) is 90.4 cm³/mol. The highest BCUT2D eigenvalue weighted by Crippen LogP contribution is 2.21. The summed E-state index contributed by atoms with van der Waals surface area (Å²) in [6.07, 6.45) is 2.52. The molecule has 1 heterocycles. The Labute approximate surface area is 131 Å². The van der Waals surface area contributed by atoms with E-state index in [9.17, 15) is 0 Å². The summed E-state index contributed by atoms with van der Waals surface area (Å²) in [5, 5.41) is 3.53. The second kappa shape index (κ2) is 8.01. The number of nitrogens with one attached hydrogen (secondary N) is 1. The second-order valence-electron chi connectivity index (χ2n) is 5.62. The van der Waals surface area contributed by atoms with Gasteiger partial charge in [0.15, 0.2) is 0 Å². The zero-order chi connectivity index (χ0) is 14.4. The van der Waals surface area contributed by atoms with Crippen LogP contribution in [0.2, 0.25) is 0 Å². The molecule has 1 aliphatic heterocycles. The average Bonchev–Trinajstić information content (AvgIpc) is 2.62. The Bertz CT molecular complexity index is 410. The second-order valence-corrected chi connectivity index (χ2v) is 6.47. The van der Waals surface area contributed by atoms with E-state index in [1.807, 2.05) is 6.07 Å². The van der Waals surface area contributed by atoms with Gasteiger partial charge >= 0.3 is 0 Å². The van der Waals surface area contributed by atoms with Gasteiger partial charge in [-0.1, -0.05) is 19.1 Å². The van der Waals surface area contributed by atoms with Crippen molar-refractivity contribution in [2.45, 2.75) is 25.8 Å². The zero-order valence-electron chi connectivity index (χ0n) is 12.6. The Morgan fingerprint density at radius 3 is 2.85 bits per heavy atom. The van der Waals surface area contributed by atoms with Gasteiger partial charge in [0.25, 0.3) is 0 Å². The quantitative estimate of drug-likeness (QED) is 0.888. The van der Waals surface area contributed by atoms with Gasteiger partial charge in [-0.05, 0) is 61.0 Å². The molecule has 1 aromatic rings. The fraction of sp³-hybridized carbons (Fsp3) is 0.625. The lowest BCUT2D eigenvalue weighted by Crippen LogP contribution is -2.42. The van der Waals surface area contributed by atoms with E-state index in [1.54, 1.807) is 0 Å². The molecule has 1 unspecified atom stereocenters. The topological polar surface area (TPSA) is 18.5 Å². The lowest BCUT2D eigenvalue weighted by molar-refractivity contribution is 0.190. The molecular formula is C16H26BrN3. The fourth-order valence-electron chi connectivity index (χ4n) is 2.91. The van der Waals surface area contributed by atoms with Gasteiger partial charge in [-0.15, -0.1) is 0 Å². The number of hydrogen-bond acceptors (Lipinski definition) is 3. The fourth-order valence-corrected chi connectivity index (χ4v) is 3.34. The molecule has 1 saturated heterocycles. The van der Waals surface area contributed by atoms with E-state index in [1.165, 1.54) is 38.2 Å². The molecule has 112 valence electrons. The molecule has 0 radical (unpaired) electrons. The lowest BCUT2D eigenvalue weighted by atomic mass is 10.2. The van der Waals surface area contributed by atoms with E-state index in [0.29, 0.717) is 6.04 Å². The van der Waals surface area contributed by atoms with E-state index < -0.39 is 0 Å². The highest BCUT2D eigenvalue weighted by Gasteiger charge is 2.21. The van der Waals surface area contributed by atoms with Crippen molar-refractivity contribution >= 4 is 21.6 Å². The van der Waals surface area contributed by atoms with E-state index >= 15 is 0 Å². The smallest absolute Gasteiger partial charge is 0.0485 e. The number of nitrogens with zero attached hydrogens (tertiary/aromatic N) is 2. The monoisotopic (exact) mass is 339 g/mol. The van der Waals surface area contributed by atoms with Crippen LogP contribution < -0.4 is 5.32 Å². The summed E-state index contributed by atoms with van der Waals surface area (Å²) < 4.78 is 1.14. The van der Waals surface area contributed by atoms with Gasteiger partial charge in [-0.25, -0.2) is 0 Å². The molecule has 1 aromatic carbocycles.